The third-order valence-corrected chi connectivity index (χ3v) is 11.9. The summed E-state index contributed by atoms with van der Waals surface area (Å²) in [6.07, 6.45) is 11.7. The molecule has 0 aromatic heterocycles. The maximum Gasteiger partial charge on any atom is 0.246 e. The molecule has 5 aliphatic rings. The first-order valence-electron chi connectivity index (χ1n) is 19.1. The molecule has 1 spiro atoms. The largest absolute Gasteiger partial charge is 0.387 e. The molecular formula is C40H53ClFN3O6. The van der Waals surface area contributed by atoms with Gasteiger partial charge in [0.1, 0.15) is 11.9 Å². The van der Waals surface area contributed by atoms with Gasteiger partial charge in [0.2, 0.25) is 17.6 Å². The number of halogens is 2. The first-order chi connectivity index (χ1) is 24.2. The van der Waals surface area contributed by atoms with Crippen molar-refractivity contribution in [2.45, 2.75) is 141 Å². The number of nitrogens with one attached hydrogen (secondary N) is 1. The standard InChI is InChI=1S/C40H53ClFN3O6/c1-39(2,3)37(43-35(48)18-24-8-6-4-5-7-9-24)38(50)45-23-40(21-31(44-51-40)27-14-15-30(42)29(41)19-27)22-32(45)33(46)20-28(16-25-10-11-25)36(49)34(47)17-26-12-13-26/h14-15,19,24-26,28,32,37H,4-13,16-18,20-23H2,1-3H3,(H,43,48)/t28-,32+,37-,40-/m1/s1. The number of oxime groups is 1. The average molecular weight is 726 g/mol. The molecule has 51 heavy (non-hydrogen) atoms. The summed E-state index contributed by atoms with van der Waals surface area (Å²) in [5, 5.41) is 7.33. The lowest BCUT2D eigenvalue weighted by Gasteiger charge is -2.36. The van der Waals surface area contributed by atoms with Crippen molar-refractivity contribution in [3.8, 4) is 0 Å². The molecular weight excluding hydrogens is 673 g/mol. The summed E-state index contributed by atoms with van der Waals surface area (Å²) >= 11 is 6.07. The summed E-state index contributed by atoms with van der Waals surface area (Å²) in [6, 6.07) is 2.44. The molecule has 1 saturated heterocycles. The molecule has 2 amide bonds. The van der Waals surface area contributed by atoms with Crippen molar-refractivity contribution < 1.29 is 33.2 Å². The SMILES string of the molecule is CC(C)(C)[C@H](NC(=O)CC1CCCCCC1)C(=O)N1C[C@@]2(CC(c3ccc(F)c(Cl)c3)=NO2)C[C@H]1C(=O)C[C@@H](CC1CC1)C(=O)C(=O)CC1CC1. The molecule has 3 aliphatic carbocycles. The molecule has 2 heterocycles. The van der Waals surface area contributed by atoms with Gasteiger partial charge in [0.05, 0.1) is 23.3 Å². The monoisotopic (exact) mass is 725 g/mol. The second kappa shape index (κ2) is 15.5. The predicted octanol–water partition coefficient (Wildman–Crippen LogP) is 7.15. The lowest BCUT2D eigenvalue weighted by molar-refractivity contribution is -0.145. The average Bonchev–Trinajstić information content (AvgIpc) is 4.01. The maximum atomic E-state index is 14.7. The van der Waals surface area contributed by atoms with Gasteiger partial charge in [0.25, 0.3) is 0 Å². The number of ketones is 3. The number of hydrogen-bond donors (Lipinski definition) is 1. The smallest absolute Gasteiger partial charge is 0.246 e. The molecule has 11 heteroatoms. The van der Waals surface area contributed by atoms with E-state index in [1.54, 1.807) is 6.07 Å². The van der Waals surface area contributed by atoms with Gasteiger partial charge in [-0.05, 0) is 67.4 Å². The van der Waals surface area contributed by atoms with Crippen LogP contribution in [-0.2, 0) is 28.8 Å². The summed E-state index contributed by atoms with van der Waals surface area (Å²) in [4.78, 5) is 76.6. The van der Waals surface area contributed by atoms with Crippen LogP contribution in [0.5, 0.6) is 0 Å². The maximum absolute atomic E-state index is 14.7. The Kier molecular flexibility index (Phi) is 11.4. The third kappa shape index (κ3) is 9.46. The van der Waals surface area contributed by atoms with Gasteiger partial charge in [0.15, 0.2) is 17.2 Å². The van der Waals surface area contributed by atoms with Crippen LogP contribution in [0.1, 0.15) is 129 Å². The number of likely N-dealkylation sites (tertiary alicyclic amines) is 1. The van der Waals surface area contributed by atoms with E-state index in [-0.39, 0.29) is 66.7 Å². The van der Waals surface area contributed by atoms with Gasteiger partial charge in [0, 0.05) is 43.6 Å². The number of hydrogen-bond acceptors (Lipinski definition) is 7. The van der Waals surface area contributed by atoms with Crippen LogP contribution in [0.4, 0.5) is 4.39 Å². The summed E-state index contributed by atoms with van der Waals surface area (Å²) in [5.74, 6) is -2.14. The van der Waals surface area contributed by atoms with E-state index in [1.807, 2.05) is 20.8 Å². The summed E-state index contributed by atoms with van der Waals surface area (Å²) in [7, 11) is 0. The Morgan fingerprint density at radius 1 is 0.980 bits per heavy atom. The molecule has 1 N–H and O–H groups in total. The van der Waals surface area contributed by atoms with E-state index in [2.05, 4.69) is 10.5 Å². The van der Waals surface area contributed by atoms with Gasteiger partial charge in [-0.3, -0.25) is 24.0 Å². The van der Waals surface area contributed by atoms with Crippen molar-refractivity contribution in [2.75, 3.05) is 6.54 Å². The first-order valence-corrected chi connectivity index (χ1v) is 19.5. The second-order valence-corrected chi connectivity index (χ2v) is 17.6. The molecule has 278 valence electrons. The fourth-order valence-electron chi connectivity index (χ4n) is 8.21. The van der Waals surface area contributed by atoms with Crippen molar-refractivity contribution in [1.29, 1.82) is 0 Å². The summed E-state index contributed by atoms with van der Waals surface area (Å²) < 4.78 is 14.0. The lowest BCUT2D eigenvalue weighted by Crippen LogP contribution is -2.57. The van der Waals surface area contributed by atoms with Crippen LogP contribution in [0.25, 0.3) is 0 Å². The van der Waals surface area contributed by atoms with E-state index in [9.17, 15) is 28.4 Å². The quantitative estimate of drug-likeness (QED) is 0.161. The number of benzene rings is 1. The fraction of sp³-hybridized carbons (Fsp3) is 0.700. The minimum atomic E-state index is -1.04. The third-order valence-electron chi connectivity index (χ3n) is 11.6. The Morgan fingerprint density at radius 3 is 2.27 bits per heavy atom. The highest BCUT2D eigenvalue weighted by Crippen LogP contribution is 2.43. The van der Waals surface area contributed by atoms with Gasteiger partial charge < -0.3 is 15.1 Å². The zero-order valence-electron chi connectivity index (χ0n) is 30.3. The molecule has 0 radical (unpaired) electrons. The molecule has 4 fully saturated rings. The van der Waals surface area contributed by atoms with Gasteiger partial charge >= 0.3 is 0 Å². The Hall–Kier alpha value is -3.14. The molecule has 1 aromatic rings. The van der Waals surface area contributed by atoms with Crippen molar-refractivity contribution in [3.05, 3.63) is 34.6 Å². The highest BCUT2D eigenvalue weighted by molar-refractivity contribution is 6.38. The number of rotatable bonds is 14. The Morgan fingerprint density at radius 2 is 1.65 bits per heavy atom. The molecule has 1 aromatic carbocycles. The zero-order valence-corrected chi connectivity index (χ0v) is 31.1. The Balaban J connectivity index is 1.24. The number of amides is 2. The van der Waals surface area contributed by atoms with Crippen molar-refractivity contribution in [1.82, 2.24) is 10.2 Å². The summed E-state index contributed by atoms with van der Waals surface area (Å²) in [5.41, 5.74) is -0.624. The Labute approximate surface area is 305 Å². The minimum absolute atomic E-state index is 0.0388. The van der Waals surface area contributed by atoms with E-state index < -0.39 is 46.4 Å². The molecule has 0 unspecified atom stereocenters. The molecule has 3 saturated carbocycles. The molecule has 4 atom stereocenters. The van der Waals surface area contributed by atoms with Gasteiger partial charge in [-0.15, -0.1) is 0 Å². The molecule has 9 nitrogen and oxygen atoms in total. The second-order valence-electron chi connectivity index (χ2n) is 17.2. The van der Waals surface area contributed by atoms with Crippen molar-refractivity contribution in [2.24, 2.45) is 34.2 Å². The predicted molar refractivity (Wildman–Crippen MR) is 192 cm³/mol. The van der Waals surface area contributed by atoms with Crippen molar-refractivity contribution >= 4 is 46.5 Å². The minimum Gasteiger partial charge on any atom is -0.387 e. The number of carbonyl (C=O) groups excluding carboxylic acids is 5. The zero-order chi connectivity index (χ0) is 36.5. The summed E-state index contributed by atoms with van der Waals surface area (Å²) in [6.45, 7) is 5.72. The van der Waals surface area contributed by atoms with E-state index in [4.69, 9.17) is 16.4 Å². The highest BCUT2D eigenvalue weighted by atomic mass is 35.5. The number of nitrogens with zero attached hydrogens (tertiary/aromatic N) is 2. The van der Waals surface area contributed by atoms with E-state index >= 15 is 0 Å². The first kappa shape index (κ1) is 37.6. The molecule has 2 aliphatic heterocycles. The molecule has 6 rings (SSSR count). The van der Waals surface area contributed by atoms with E-state index in [0.29, 0.717) is 30.0 Å². The molecule has 0 bridgehead atoms. The van der Waals surface area contributed by atoms with E-state index in [1.165, 1.54) is 29.9 Å². The van der Waals surface area contributed by atoms with Gasteiger partial charge in [-0.1, -0.05) is 82.1 Å². The van der Waals surface area contributed by atoms with Crippen LogP contribution >= 0.6 is 11.6 Å². The van der Waals surface area contributed by atoms with Crippen molar-refractivity contribution in [3.63, 3.8) is 0 Å². The van der Waals surface area contributed by atoms with E-state index in [0.717, 1.165) is 51.4 Å². The van der Waals surface area contributed by atoms with Gasteiger partial charge in [-0.25, -0.2) is 4.39 Å². The fourth-order valence-corrected chi connectivity index (χ4v) is 8.39. The van der Waals surface area contributed by atoms with Crippen LogP contribution in [0.2, 0.25) is 5.02 Å². The highest BCUT2D eigenvalue weighted by Gasteiger charge is 2.55. The van der Waals surface area contributed by atoms with Gasteiger partial charge in [-0.2, -0.15) is 0 Å². The van der Waals surface area contributed by atoms with Crippen LogP contribution < -0.4 is 5.32 Å². The topological polar surface area (TPSA) is 122 Å². The number of carbonyl (C=O) groups is 5. The van der Waals surface area contributed by atoms with Crippen LogP contribution in [0.15, 0.2) is 23.4 Å². The lowest BCUT2D eigenvalue weighted by atomic mass is 9.84. The van der Waals surface area contributed by atoms with Crippen LogP contribution in [0.3, 0.4) is 0 Å². The van der Waals surface area contributed by atoms with Crippen LogP contribution in [0, 0.1) is 34.9 Å². The number of Topliss-reactive ketones (excluding diaryl/α,β-unsaturated/α-hetero) is 3. The normalized spacial score (nSPS) is 25.2. The van der Waals surface area contributed by atoms with Crippen LogP contribution in [-0.4, -0.2) is 64.0 Å². The Bertz CT molecular complexity index is 1560.